The summed E-state index contributed by atoms with van der Waals surface area (Å²) in [5, 5.41) is 4.70. The summed E-state index contributed by atoms with van der Waals surface area (Å²) in [5.41, 5.74) is 3.08. The molecule has 0 spiro atoms. The van der Waals surface area contributed by atoms with Gasteiger partial charge in [0.2, 0.25) is 0 Å². The molecule has 0 saturated carbocycles. The number of halogens is 2. The third kappa shape index (κ3) is 3.12. The van der Waals surface area contributed by atoms with Gasteiger partial charge in [-0.15, -0.1) is 12.8 Å². The van der Waals surface area contributed by atoms with Crippen molar-refractivity contribution < 1.29 is 9.47 Å². The number of hydrogen-bond donors (Lipinski definition) is 0. The maximum Gasteiger partial charge on any atom is 0.128 e. The van der Waals surface area contributed by atoms with Crippen LogP contribution in [0, 0.1) is 24.7 Å². The zero-order chi connectivity index (χ0) is 21.4. The van der Waals surface area contributed by atoms with Crippen molar-refractivity contribution in [2.75, 3.05) is 14.2 Å². The summed E-state index contributed by atoms with van der Waals surface area (Å²) >= 11 is 12.5. The summed E-state index contributed by atoms with van der Waals surface area (Å²) in [5.74, 6) is 6.71. The van der Waals surface area contributed by atoms with E-state index in [1.54, 1.807) is 14.2 Å². The van der Waals surface area contributed by atoms with Gasteiger partial charge in [-0.05, 0) is 57.9 Å². The number of benzene rings is 4. The minimum Gasteiger partial charge on any atom is -0.496 e. The molecule has 4 heteroatoms. The fraction of sp³-hybridized carbons (Fsp3) is 0.0769. The fourth-order valence-corrected chi connectivity index (χ4v) is 4.16. The molecule has 0 aliphatic carbocycles. The average Bonchev–Trinajstić information content (AvgIpc) is 2.76. The number of methoxy groups -OCH3 is 2. The summed E-state index contributed by atoms with van der Waals surface area (Å²) in [7, 11) is 3.23. The summed E-state index contributed by atoms with van der Waals surface area (Å²) < 4.78 is 11.5. The molecule has 2 nitrogen and oxygen atoms in total. The number of ether oxygens (including phenoxy) is 2. The molecule has 4 rings (SSSR count). The lowest BCUT2D eigenvalue weighted by Gasteiger charge is -2.19. The van der Waals surface area contributed by atoms with E-state index in [0.29, 0.717) is 32.7 Å². The third-order valence-electron chi connectivity index (χ3n) is 5.13. The molecular weight excluding hydrogens is 415 g/mol. The second-order valence-electron chi connectivity index (χ2n) is 6.67. The van der Waals surface area contributed by atoms with E-state index in [4.69, 9.17) is 45.5 Å². The SMILES string of the molecule is C#Cc1cc(OC)c(-c2c(OC)cc(C#C)c3cc(Cl)ccc23)c2ccc(Cl)cc12. The van der Waals surface area contributed by atoms with Gasteiger partial charge in [0, 0.05) is 32.3 Å². The molecule has 0 aliphatic heterocycles. The lowest BCUT2D eigenvalue weighted by molar-refractivity contribution is 0.411. The van der Waals surface area contributed by atoms with Crippen molar-refractivity contribution in [2.24, 2.45) is 0 Å². The molecule has 0 atom stereocenters. The highest BCUT2D eigenvalue weighted by atomic mass is 35.5. The zero-order valence-corrected chi connectivity index (χ0v) is 17.9. The first-order valence-corrected chi connectivity index (χ1v) is 9.82. The number of hydrogen-bond acceptors (Lipinski definition) is 2. The van der Waals surface area contributed by atoms with Crippen LogP contribution in [0.15, 0.2) is 48.5 Å². The lowest BCUT2D eigenvalue weighted by atomic mass is 9.89. The molecule has 0 aromatic heterocycles. The molecule has 0 saturated heterocycles. The second-order valence-corrected chi connectivity index (χ2v) is 7.54. The van der Waals surface area contributed by atoms with E-state index in [9.17, 15) is 0 Å². The second kappa shape index (κ2) is 7.85. The smallest absolute Gasteiger partial charge is 0.128 e. The molecule has 0 unspecified atom stereocenters. The highest BCUT2D eigenvalue weighted by Gasteiger charge is 2.21. The number of fused-ring (bicyclic) bond motifs is 2. The predicted molar refractivity (Wildman–Crippen MR) is 126 cm³/mol. The highest BCUT2D eigenvalue weighted by molar-refractivity contribution is 6.32. The molecule has 0 fully saturated rings. The largest absolute Gasteiger partial charge is 0.496 e. The topological polar surface area (TPSA) is 18.5 Å². The van der Waals surface area contributed by atoms with Crippen LogP contribution in [0.25, 0.3) is 32.7 Å². The number of rotatable bonds is 3. The Morgan fingerprint density at radius 2 is 1.03 bits per heavy atom. The molecule has 4 aromatic carbocycles. The van der Waals surface area contributed by atoms with Crippen molar-refractivity contribution in [2.45, 2.75) is 0 Å². The molecule has 0 aliphatic rings. The van der Waals surface area contributed by atoms with Crippen LogP contribution in [0.2, 0.25) is 10.0 Å². The van der Waals surface area contributed by atoms with Crippen molar-refractivity contribution in [3.63, 3.8) is 0 Å². The van der Waals surface area contributed by atoms with Crippen molar-refractivity contribution in [3.8, 4) is 47.3 Å². The van der Waals surface area contributed by atoms with E-state index in [2.05, 4.69) is 11.8 Å². The first kappa shape index (κ1) is 20.0. The van der Waals surface area contributed by atoms with Crippen LogP contribution in [0.4, 0.5) is 0 Å². The molecular formula is C26H16Cl2O2. The predicted octanol–water partition coefficient (Wildman–Crippen LogP) is 6.95. The van der Waals surface area contributed by atoms with Crippen LogP contribution < -0.4 is 9.47 Å². The normalized spacial score (nSPS) is 10.6. The monoisotopic (exact) mass is 430 g/mol. The van der Waals surface area contributed by atoms with Crippen molar-refractivity contribution in [1.29, 1.82) is 0 Å². The highest BCUT2D eigenvalue weighted by Crippen LogP contribution is 2.47. The molecule has 0 heterocycles. The van der Waals surface area contributed by atoms with Crippen LogP contribution in [0.5, 0.6) is 11.5 Å². The van der Waals surface area contributed by atoms with Gasteiger partial charge in [-0.1, -0.05) is 47.2 Å². The Morgan fingerprint density at radius 1 is 0.633 bits per heavy atom. The molecule has 146 valence electrons. The first-order valence-electron chi connectivity index (χ1n) is 9.06. The Labute approximate surface area is 185 Å². The fourth-order valence-electron chi connectivity index (χ4n) is 3.82. The standard InChI is InChI=1S/C26H16Cl2O2/c1-5-15-11-23(29-3)25(19-9-7-17(27)13-21(15)19)26-20-10-8-18(28)14-22(20)16(6-2)12-24(26)30-4/h1-2,7-14H,3-4H3. The van der Waals surface area contributed by atoms with E-state index >= 15 is 0 Å². The minimum atomic E-state index is 0.599. The van der Waals surface area contributed by atoms with Gasteiger partial charge >= 0.3 is 0 Å². The average molecular weight is 431 g/mol. The summed E-state index contributed by atoms with van der Waals surface area (Å²) in [6.45, 7) is 0. The maximum absolute atomic E-state index is 6.27. The minimum absolute atomic E-state index is 0.599. The maximum atomic E-state index is 6.27. The molecule has 0 N–H and O–H groups in total. The Hall–Kier alpha value is -3.30. The first-order chi connectivity index (χ1) is 14.5. The van der Waals surface area contributed by atoms with Gasteiger partial charge in [0.25, 0.3) is 0 Å². The van der Waals surface area contributed by atoms with E-state index in [1.807, 2.05) is 48.5 Å². The van der Waals surface area contributed by atoms with Gasteiger partial charge in [-0.25, -0.2) is 0 Å². The molecule has 0 amide bonds. The van der Waals surface area contributed by atoms with Gasteiger partial charge in [-0.2, -0.15) is 0 Å². The zero-order valence-electron chi connectivity index (χ0n) is 16.3. The van der Waals surface area contributed by atoms with Crippen LogP contribution in [-0.4, -0.2) is 14.2 Å². The van der Waals surface area contributed by atoms with Gasteiger partial charge in [0.05, 0.1) is 14.2 Å². The van der Waals surface area contributed by atoms with Gasteiger partial charge < -0.3 is 9.47 Å². The Bertz CT molecular complexity index is 1300. The van der Waals surface area contributed by atoms with Crippen LogP contribution in [0.3, 0.4) is 0 Å². The molecule has 4 aromatic rings. The van der Waals surface area contributed by atoms with Gasteiger partial charge in [-0.3, -0.25) is 0 Å². The third-order valence-corrected chi connectivity index (χ3v) is 5.60. The van der Waals surface area contributed by atoms with Gasteiger partial charge in [0.15, 0.2) is 0 Å². The van der Waals surface area contributed by atoms with Crippen molar-refractivity contribution in [1.82, 2.24) is 0 Å². The Balaban J connectivity index is 2.27. The lowest BCUT2D eigenvalue weighted by Crippen LogP contribution is -1.97. The Morgan fingerprint density at radius 3 is 1.37 bits per heavy atom. The molecule has 0 radical (unpaired) electrons. The Kier molecular flexibility index (Phi) is 5.23. The molecule has 0 bridgehead atoms. The quantitative estimate of drug-likeness (QED) is 0.327. The summed E-state index contributed by atoms with van der Waals surface area (Å²) in [6, 6.07) is 14.9. The summed E-state index contributed by atoms with van der Waals surface area (Å²) in [6.07, 6.45) is 11.5. The number of terminal acetylenes is 2. The van der Waals surface area contributed by atoms with Gasteiger partial charge in [0.1, 0.15) is 11.5 Å². The van der Waals surface area contributed by atoms with Crippen LogP contribution >= 0.6 is 23.2 Å². The summed E-state index contributed by atoms with van der Waals surface area (Å²) in [4.78, 5) is 0. The van der Waals surface area contributed by atoms with E-state index < -0.39 is 0 Å². The molecule has 30 heavy (non-hydrogen) atoms. The van der Waals surface area contributed by atoms with Crippen molar-refractivity contribution >= 4 is 44.7 Å². The van der Waals surface area contributed by atoms with Crippen LogP contribution in [-0.2, 0) is 0 Å². The van der Waals surface area contributed by atoms with E-state index in [-0.39, 0.29) is 0 Å². The van der Waals surface area contributed by atoms with E-state index in [0.717, 1.165) is 32.7 Å². The van der Waals surface area contributed by atoms with Crippen molar-refractivity contribution in [3.05, 3.63) is 69.7 Å². The van der Waals surface area contributed by atoms with E-state index in [1.165, 1.54) is 0 Å². The van der Waals surface area contributed by atoms with Crippen LogP contribution in [0.1, 0.15) is 11.1 Å².